The largest absolute Gasteiger partial charge is 0.395 e. The smallest absolute Gasteiger partial charge is 0.224 e. The highest BCUT2D eigenvalue weighted by molar-refractivity contribution is 6.10. The summed E-state index contributed by atoms with van der Waals surface area (Å²) in [5.74, 6) is -0.256. The molecule has 1 aromatic heterocycles. The number of aliphatic hydroxyl groups excluding tert-OH is 4. The van der Waals surface area contributed by atoms with Gasteiger partial charge in [0.2, 0.25) is 11.8 Å². The van der Waals surface area contributed by atoms with E-state index in [1.807, 2.05) is 31.3 Å². The molecule has 2 aromatic carbocycles. The van der Waals surface area contributed by atoms with Gasteiger partial charge in [0.1, 0.15) is 0 Å². The molecule has 0 saturated carbocycles. The van der Waals surface area contributed by atoms with Crippen molar-refractivity contribution in [1.29, 1.82) is 0 Å². The minimum absolute atomic E-state index is 0.128. The third kappa shape index (κ3) is 7.35. The third-order valence-corrected chi connectivity index (χ3v) is 6.53. The second-order valence-electron chi connectivity index (χ2n) is 9.03. The van der Waals surface area contributed by atoms with E-state index in [2.05, 4.69) is 27.3 Å². The number of hydrogen-bond donors (Lipinski definition) is 6. The van der Waals surface area contributed by atoms with Gasteiger partial charge in [0, 0.05) is 92.3 Å². The zero-order valence-corrected chi connectivity index (χ0v) is 21.9. The molecular weight excluding hydrogens is 490 g/mol. The number of benzene rings is 2. The zero-order valence-electron chi connectivity index (χ0n) is 21.9. The van der Waals surface area contributed by atoms with E-state index in [0.717, 1.165) is 33.2 Å². The maximum atomic E-state index is 12.4. The Hall–Kier alpha value is -3.38. The van der Waals surface area contributed by atoms with Crippen LogP contribution in [-0.2, 0) is 16.6 Å². The number of hydrogen-bond acceptors (Lipinski definition) is 8. The number of amides is 2. The van der Waals surface area contributed by atoms with Crippen LogP contribution >= 0.6 is 0 Å². The molecule has 0 bridgehead atoms. The molecule has 2 amide bonds. The molecule has 0 aliphatic rings. The molecule has 11 nitrogen and oxygen atoms in total. The van der Waals surface area contributed by atoms with Gasteiger partial charge in [-0.2, -0.15) is 0 Å². The van der Waals surface area contributed by atoms with Gasteiger partial charge in [0.15, 0.2) is 0 Å². The Bertz CT molecular complexity index is 1110. The van der Waals surface area contributed by atoms with Crippen LogP contribution in [0.1, 0.15) is 12.8 Å². The molecule has 6 N–H and O–H groups in total. The summed E-state index contributed by atoms with van der Waals surface area (Å²) >= 11 is 0. The number of aromatic nitrogens is 1. The van der Waals surface area contributed by atoms with Crippen molar-refractivity contribution in [2.24, 2.45) is 7.05 Å². The van der Waals surface area contributed by atoms with Gasteiger partial charge in [0.25, 0.3) is 0 Å². The predicted octanol–water partition coefficient (Wildman–Crippen LogP) is 0.562. The van der Waals surface area contributed by atoms with E-state index < -0.39 is 0 Å². The average Bonchev–Trinajstić information content (AvgIpc) is 3.19. The molecule has 3 rings (SSSR count). The molecule has 0 atom stereocenters. The highest BCUT2D eigenvalue weighted by atomic mass is 16.3. The van der Waals surface area contributed by atoms with Gasteiger partial charge in [-0.05, 0) is 36.4 Å². The second kappa shape index (κ2) is 14.5. The number of nitrogens with one attached hydrogen (secondary N) is 2. The molecule has 208 valence electrons. The van der Waals surface area contributed by atoms with Gasteiger partial charge >= 0.3 is 0 Å². The minimum Gasteiger partial charge on any atom is -0.395 e. The molecule has 0 aliphatic carbocycles. The Balaban J connectivity index is 1.68. The van der Waals surface area contributed by atoms with Gasteiger partial charge < -0.3 is 45.4 Å². The van der Waals surface area contributed by atoms with Gasteiger partial charge in [-0.3, -0.25) is 9.59 Å². The number of aryl methyl sites for hydroxylation is 1. The molecule has 0 radical (unpaired) electrons. The fourth-order valence-corrected chi connectivity index (χ4v) is 4.59. The van der Waals surface area contributed by atoms with E-state index in [4.69, 9.17) is 20.4 Å². The molecule has 0 unspecified atom stereocenters. The lowest BCUT2D eigenvalue weighted by Crippen LogP contribution is -2.36. The quantitative estimate of drug-likeness (QED) is 0.158. The summed E-state index contributed by atoms with van der Waals surface area (Å²) in [6.45, 7) is 1.09. The molecule has 1 heterocycles. The van der Waals surface area contributed by atoms with Crippen molar-refractivity contribution in [1.82, 2.24) is 14.4 Å². The zero-order chi connectivity index (χ0) is 27.5. The normalized spacial score (nSPS) is 11.2. The molecular formula is C27H39N5O6. The lowest BCUT2D eigenvalue weighted by molar-refractivity contribution is -0.132. The monoisotopic (exact) mass is 529 g/mol. The molecule has 3 aromatic rings. The van der Waals surface area contributed by atoms with E-state index >= 15 is 0 Å². The summed E-state index contributed by atoms with van der Waals surface area (Å²) in [5.41, 5.74) is 3.89. The van der Waals surface area contributed by atoms with Crippen LogP contribution in [-0.4, -0.2) is 112 Å². The Morgan fingerprint density at radius 1 is 0.684 bits per heavy atom. The van der Waals surface area contributed by atoms with Gasteiger partial charge in [0.05, 0.1) is 26.4 Å². The Labute approximate surface area is 222 Å². The van der Waals surface area contributed by atoms with Crippen LogP contribution in [0.25, 0.3) is 21.8 Å². The lowest BCUT2D eigenvalue weighted by atomic mass is 10.1. The van der Waals surface area contributed by atoms with Gasteiger partial charge in [-0.15, -0.1) is 0 Å². The lowest BCUT2D eigenvalue weighted by Gasteiger charge is -2.20. The van der Waals surface area contributed by atoms with E-state index in [1.54, 1.807) is 0 Å². The summed E-state index contributed by atoms with van der Waals surface area (Å²) in [5, 5.41) is 45.2. The first-order valence-electron chi connectivity index (χ1n) is 12.9. The maximum absolute atomic E-state index is 12.4. The number of carbonyl (C=O) groups excluding carboxylic acids is 2. The average molecular weight is 530 g/mol. The number of carbonyl (C=O) groups is 2. The molecule has 11 heteroatoms. The molecule has 0 fully saturated rings. The first kappa shape index (κ1) is 29.2. The highest BCUT2D eigenvalue weighted by Gasteiger charge is 2.14. The van der Waals surface area contributed by atoms with Crippen molar-refractivity contribution >= 4 is 45.0 Å². The number of anilines is 2. The highest BCUT2D eigenvalue weighted by Crippen LogP contribution is 2.32. The first-order valence-corrected chi connectivity index (χ1v) is 12.9. The first-order chi connectivity index (χ1) is 18.4. The molecule has 0 saturated heterocycles. The van der Waals surface area contributed by atoms with Gasteiger partial charge in [-0.1, -0.05) is 0 Å². The summed E-state index contributed by atoms with van der Waals surface area (Å²) in [7, 11) is 2.01. The Morgan fingerprint density at radius 3 is 1.39 bits per heavy atom. The minimum atomic E-state index is -0.143. The van der Waals surface area contributed by atoms with Crippen LogP contribution in [0.15, 0.2) is 36.4 Å². The molecule has 0 spiro atoms. The number of nitrogens with zero attached hydrogens (tertiary/aromatic N) is 3. The van der Waals surface area contributed by atoms with Crippen LogP contribution in [0.3, 0.4) is 0 Å². The summed E-state index contributed by atoms with van der Waals surface area (Å²) in [6.07, 6.45) is 0.489. The van der Waals surface area contributed by atoms with E-state index in [1.165, 1.54) is 9.80 Å². The summed E-state index contributed by atoms with van der Waals surface area (Å²) in [4.78, 5) is 27.7. The fraction of sp³-hybridized carbons (Fsp3) is 0.481. The van der Waals surface area contributed by atoms with Crippen LogP contribution < -0.4 is 10.6 Å². The van der Waals surface area contributed by atoms with Crippen LogP contribution in [0.4, 0.5) is 11.4 Å². The van der Waals surface area contributed by atoms with Crippen molar-refractivity contribution < 1.29 is 30.0 Å². The van der Waals surface area contributed by atoms with Crippen molar-refractivity contribution in [3.05, 3.63) is 36.4 Å². The Kier molecular flexibility index (Phi) is 11.2. The second-order valence-corrected chi connectivity index (χ2v) is 9.03. The molecule has 38 heavy (non-hydrogen) atoms. The number of fused-ring (bicyclic) bond motifs is 3. The maximum Gasteiger partial charge on any atom is 0.224 e. The summed E-state index contributed by atoms with van der Waals surface area (Å²) < 4.78 is 2.12. The number of rotatable bonds is 16. The predicted molar refractivity (Wildman–Crippen MR) is 148 cm³/mol. The SMILES string of the molecule is Cn1c2ccc(NCCC(=O)N(CCO)CCO)cc2c2cc(NCCC(=O)N(CCO)CCO)ccc21. The topological polar surface area (TPSA) is 151 Å². The van der Waals surface area contributed by atoms with E-state index in [9.17, 15) is 9.59 Å². The third-order valence-electron chi connectivity index (χ3n) is 6.53. The van der Waals surface area contributed by atoms with Crippen LogP contribution in [0.2, 0.25) is 0 Å². The van der Waals surface area contributed by atoms with E-state index in [0.29, 0.717) is 13.1 Å². The molecule has 0 aliphatic heterocycles. The van der Waals surface area contributed by atoms with Crippen molar-refractivity contribution in [2.75, 3.05) is 76.3 Å². The standard InChI is InChI=1S/C27H39N5O6/c1-30-24-4-2-20(28-8-6-26(37)31(10-14-33)11-15-34)18-22(24)23-19-21(3-5-25(23)30)29-9-7-27(38)32(12-16-35)13-17-36/h2-5,18-19,28-29,33-36H,6-17H2,1H3. The van der Waals surface area contributed by atoms with E-state index in [-0.39, 0.29) is 77.3 Å². The van der Waals surface area contributed by atoms with Gasteiger partial charge in [-0.25, -0.2) is 0 Å². The van der Waals surface area contributed by atoms with Crippen LogP contribution in [0.5, 0.6) is 0 Å². The fourth-order valence-electron chi connectivity index (χ4n) is 4.59. The Morgan fingerprint density at radius 2 is 1.05 bits per heavy atom. The van der Waals surface area contributed by atoms with Crippen molar-refractivity contribution in [3.63, 3.8) is 0 Å². The number of aliphatic hydroxyl groups is 4. The summed E-state index contributed by atoms with van der Waals surface area (Å²) in [6, 6.07) is 12.1. The van der Waals surface area contributed by atoms with Crippen molar-refractivity contribution in [2.45, 2.75) is 12.8 Å². The van der Waals surface area contributed by atoms with Crippen LogP contribution in [0, 0.1) is 0 Å². The van der Waals surface area contributed by atoms with Crippen molar-refractivity contribution in [3.8, 4) is 0 Å².